The third kappa shape index (κ3) is 5.86. The molecule has 0 atom stereocenters. The average Bonchev–Trinajstić information content (AvgIpc) is 3.00. The van der Waals surface area contributed by atoms with Crippen molar-refractivity contribution in [2.24, 2.45) is 0 Å². The van der Waals surface area contributed by atoms with Crippen LogP contribution in [-0.2, 0) is 20.4 Å². The zero-order chi connectivity index (χ0) is 25.6. The summed E-state index contributed by atoms with van der Waals surface area (Å²) in [5, 5.41) is 2.22. The van der Waals surface area contributed by atoms with Crippen molar-refractivity contribution >= 4 is 28.0 Å². The van der Waals surface area contributed by atoms with Gasteiger partial charge in [-0.2, -0.15) is 0 Å². The molecular formula is C36H24N2Pd. The van der Waals surface area contributed by atoms with Crippen molar-refractivity contribution in [2.75, 3.05) is 0 Å². The predicted octanol–water partition coefficient (Wildman–Crippen LogP) is 8.57. The molecule has 3 heteroatoms. The summed E-state index contributed by atoms with van der Waals surface area (Å²) in [4.78, 5) is 9.77. The second kappa shape index (κ2) is 12.4. The maximum Gasteiger partial charge on any atom is 2.00 e. The molecule has 0 bridgehead atoms. The van der Waals surface area contributed by atoms with E-state index < -0.39 is 0 Å². The van der Waals surface area contributed by atoms with E-state index in [1.165, 1.54) is 0 Å². The van der Waals surface area contributed by atoms with E-state index in [4.69, 9.17) is 4.98 Å². The number of benzene rings is 4. The van der Waals surface area contributed by atoms with E-state index in [1.54, 1.807) is 6.20 Å². The van der Waals surface area contributed by atoms with Gasteiger partial charge < -0.3 is 9.97 Å². The van der Waals surface area contributed by atoms with E-state index in [1.807, 2.05) is 54.6 Å². The minimum atomic E-state index is 0. The molecule has 2 heterocycles. The molecule has 0 aliphatic rings. The number of pyridine rings is 2. The zero-order valence-corrected chi connectivity index (χ0v) is 22.6. The Morgan fingerprint density at radius 3 is 2.10 bits per heavy atom. The Morgan fingerprint density at radius 1 is 0.692 bits per heavy atom. The van der Waals surface area contributed by atoms with Crippen molar-refractivity contribution in [1.82, 2.24) is 9.97 Å². The molecule has 2 aromatic heterocycles. The molecule has 2 nitrogen and oxygen atoms in total. The van der Waals surface area contributed by atoms with E-state index in [0.29, 0.717) is 0 Å². The standard InChI is InChI=1S/C36H24N2.Pd/c1-4-14-27(15-5-1)32(24-23-31-21-12-13-25-37-31)35(28-16-6-2-7-17-28)34-26-30-20-10-11-22-33(30)36(38-34)29-18-8-3-9-19-29;/h1-18,20-23,25-26H;/q-2;+2. The van der Waals surface area contributed by atoms with Gasteiger partial charge in [0.1, 0.15) is 0 Å². The average molecular weight is 591 g/mol. The monoisotopic (exact) mass is 590 g/mol. The van der Waals surface area contributed by atoms with Gasteiger partial charge in [0.15, 0.2) is 0 Å². The molecule has 0 saturated heterocycles. The third-order valence-electron chi connectivity index (χ3n) is 6.39. The molecule has 39 heavy (non-hydrogen) atoms. The molecule has 0 unspecified atom stereocenters. The van der Waals surface area contributed by atoms with Gasteiger partial charge in [-0.15, -0.1) is 53.6 Å². The maximum atomic E-state index is 5.29. The minimum absolute atomic E-state index is 0. The van der Waals surface area contributed by atoms with Gasteiger partial charge in [-0.1, -0.05) is 114 Å². The first-order chi connectivity index (χ1) is 18.9. The van der Waals surface area contributed by atoms with Crippen LogP contribution >= 0.6 is 0 Å². The molecule has 0 radical (unpaired) electrons. The summed E-state index contributed by atoms with van der Waals surface area (Å²) in [6, 6.07) is 48.6. The Kier molecular flexibility index (Phi) is 8.34. The summed E-state index contributed by atoms with van der Waals surface area (Å²) in [5.74, 6) is 0. The first-order valence-electron chi connectivity index (χ1n) is 12.6. The molecule has 0 amide bonds. The number of hydrogen-bond acceptors (Lipinski definition) is 2. The maximum absolute atomic E-state index is 5.29. The van der Waals surface area contributed by atoms with Crippen LogP contribution in [0.2, 0.25) is 0 Å². The second-order valence-corrected chi connectivity index (χ2v) is 8.88. The molecular weight excluding hydrogens is 567 g/mol. The van der Waals surface area contributed by atoms with Crippen LogP contribution in [0.15, 0.2) is 140 Å². The van der Waals surface area contributed by atoms with Gasteiger partial charge in [0, 0.05) is 11.9 Å². The van der Waals surface area contributed by atoms with Crippen molar-refractivity contribution in [1.29, 1.82) is 0 Å². The van der Waals surface area contributed by atoms with Crippen LogP contribution in [-0.4, -0.2) is 9.97 Å². The normalized spacial score (nSPS) is 11.7. The quantitative estimate of drug-likeness (QED) is 0.0840. The Morgan fingerprint density at radius 2 is 1.38 bits per heavy atom. The van der Waals surface area contributed by atoms with Crippen molar-refractivity contribution in [3.63, 3.8) is 0 Å². The summed E-state index contributed by atoms with van der Waals surface area (Å²) in [7, 11) is 0. The van der Waals surface area contributed by atoms with E-state index in [9.17, 15) is 0 Å². The van der Waals surface area contributed by atoms with Crippen LogP contribution in [0.1, 0.15) is 22.5 Å². The Bertz CT molecular complexity index is 1730. The van der Waals surface area contributed by atoms with Gasteiger partial charge in [-0.25, -0.2) is 0 Å². The molecule has 4 aromatic carbocycles. The number of rotatable bonds is 6. The van der Waals surface area contributed by atoms with Crippen molar-refractivity contribution in [3.8, 4) is 11.3 Å². The summed E-state index contributed by atoms with van der Waals surface area (Å²) < 4.78 is 0. The number of nitrogens with zero attached hydrogens (tertiary/aromatic N) is 2. The van der Waals surface area contributed by atoms with Crippen molar-refractivity contribution in [2.45, 2.75) is 0 Å². The number of aromatic nitrogens is 2. The number of fused-ring (bicyclic) bond motifs is 1. The molecule has 0 saturated carbocycles. The predicted molar refractivity (Wildman–Crippen MR) is 157 cm³/mol. The topological polar surface area (TPSA) is 25.8 Å². The Balaban J connectivity index is 0.00000308. The SMILES string of the molecule is [C-](=Cc1ccccn1)C(=C(c1ccccc1)c1cc2ccccc2c(-c2[c-]cccc2)n1)c1ccccc1.[Pd+2]. The molecule has 0 spiro atoms. The van der Waals surface area contributed by atoms with Crippen molar-refractivity contribution in [3.05, 3.63) is 174 Å². The molecule has 0 fully saturated rings. The van der Waals surface area contributed by atoms with E-state index >= 15 is 0 Å². The molecule has 0 N–H and O–H groups in total. The summed E-state index contributed by atoms with van der Waals surface area (Å²) in [6.07, 6.45) is 7.34. The minimum Gasteiger partial charge on any atom is -0.306 e. The van der Waals surface area contributed by atoms with Crippen LogP contribution in [0, 0.1) is 12.1 Å². The van der Waals surface area contributed by atoms with Crippen molar-refractivity contribution < 1.29 is 20.4 Å². The van der Waals surface area contributed by atoms with Gasteiger partial charge in [-0.05, 0) is 34.3 Å². The van der Waals surface area contributed by atoms with Crippen LogP contribution in [0.5, 0.6) is 0 Å². The molecule has 0 aliphatic carbocycles. The molecule has 0 aliphatic heterocycles. The fourth-order valence-corrected chi connectivity index (χ4v) is 4.61. The van der Waals surface area contributed by atoms with Crippen LogP contribution in [0.4, 0.5) is 0 Å². The molecule has 6 rings (SSSR count). The van der Waals surface area contributed by atoms with Gasteiger partial charge >= 0.3 is 20.4 Å². The Hall–Kier alpha value is -4.42. The largest absolute Gasteiger partial charge is 2.00 e. The third-order valence-corrected chi connectivity index (χ3v) is 6.39. The first kappa shape index (κ1) is 26.2. The van der Waals surface area contributed by atoms with E-state index in [0.717, 1.165) is 55.7 Å². The number of hydrogen-bond donors (Lipinski definition) is 0. The fourth-order valence-electron chi connectivity index (χ4n) is 4.61. The van der Waals surface area contributed by atoms with E-state index in [-0.39, 0.29) is 20.4 Å². The summed E-state index contributed by atoms with van der Waals surface area (Å²) >= 11 is 0. The smallest absolute Gasteiger partial charge is 0.306 e. The molecule has 6 aromatic rings. The van der Waals surface area contributed by atoms with Crippen LogP contribution < -0.4 is 0 Å². The van der Waals surface area contributed by atoms with Crippen LogP contribution in [0.25, 0.3) is 39.3 Å². The van der Waals surface area contributed by atoms with E-state index in [2.05, 4.69) is 102 Å². The number of allylic oxidation sites excluding steroid dienone is 2. The van der Waals surface area contributed by atoms with Gasteiger partial charge in [0.05, 0.1) is 0 Å². The van der Waals surface area contributed by atoms with Gasteiger partial charge in [-0.3, -0.25) is 0 Å². The second-order valence-electron chi connectivity index (χ2n) is 8.88. The van der Waals surface area contributed by atoms with Gasteiger partial charge in [0.25, 0.3) is 0 Å². The fraction of sp³-hybridized carbons (Fsp3) is 0. The summed E-state index contributed by atoms with van der Waals surface area (Å²) in [5.41, 5.74) is 7.68. The van der Waals surface area contributed by atoms with Crippen LogP contribution in [0.3, 0.4) is 0 Å². The Labute approximate surface area is 243 Å². The zero-order valence-electron chi connectivity index (χ0n) is 21.1. The first-order valence-corrected chi connectivity index (χ1v) is 12.6. The van der Waals surface area contributed by atoms with Gasteiger partial charge in [0.2, 0.25) is 0 Å². The molecule has 188 valence electrons. The summed E-state index contributed by atoms with van der Waals surface area (Å²) in [6.45, 7) is 0.